The largest absolute Gasteiger partial charge is 0.378 e. The zero-order valence-electron chi connectivity index (χ0n) is 11.5. The molecule has 0 saturated carbocycles. The Labute approximate surface area is 118 Å². The third kappa shape index (κ3) is 4.26. The van der Waals surface area contributed by atoms with Crippen molar-refractivity contribution in [1.82, 2.24) is 15.2 Å². The Bertz CT molecular complexity index is 416. The monoisotopic (exact) mass is 283 g/mol. The first kappa shape index (κ1) is 14.4. The van der Waals surface area contributed by atoms with Gasteiger partial charge < -0.3 is 15.0 Å². The highest BCUT2D eigenvalue weighted by Crippen LogP contribution is 2.08. The summed E-state index contributed by atoms with van der Waals surface area (Å²) in [5.41, 5.74) is 1.10. The molecule has 1 aliphatic heterocycles. The lowest BCUT2D eigenvalue weighted by Gasteiger charge is -2.29. The first-order chi connectivity index (χ1) is 9.16. The van der Waals surface area contributed by atoms with Crippen LogP contribution in [0.4, 0.5) is 0 Å². The van der Waals surface area contributed by atoms with Gasteiger partial charge in [0, 0.05) is 31.4 Å². The summed E-state index contributed by atoms with van der Waals surface area (Å²) in [5.74, 6) is 0.165. The number of aryl methyl sites for hydroxylation is 1. The highest BCUT2D eigenvalue weighted by atomic mass is 32.1. The number of rotatable bonds is 5. The van der Waals surface area contributed by atoms with Gasteiger partial charge in [-0.25, -0.2) is 4.98 Å². The van der Waals surface area contributed by atoms with Crippen LogP contribution >= 0.6 is 11.3 Å². The van der Waals surface area contributed by atoms with Crippen LogP contribution in [-0.4, -0.2) is 54.7 Å². The number of hydrogen-bond donors (Lipinski definition) is 1. The standard InChI is InChI=1S/C13H21N3O2S/c1-10(13(17)16-5-7-18-8-6-16)14-4-3-12-9-19-11(2)15-12/h9-10,14H,3-8H2,1-2H3. The Kier molecular flexibility index (Phi) is 5.30. The second-order valence-corrected chi connectivity index (χ2v) is 5.78. The third-order valence-electron chi connectivity index (χ3n) is 3.19. The Hall–Kier alpha value is -0.980. The number of morpholine rings is 1. The molecule has 1 unspecified atom stereocenters. The molecule has 1 N–H and O–H groups in total. The number of aromatic nitrogens is 1. The first-order valence-corrected chi connectivity index (χ1v) is 7.55. The molecule has 5 nitrogen and oxygen atoms in total. The number of ether oxygens (including phenoxy) is 1. The summed E-state index contributed by atoms with van der Waals surface area (Å²) >= 11 is 1.66. The van der Waals surface area contributed by atoms with Crippen LogP contribution in [0.5, 0.6) is 0 Å². The first-order valence-electron chi connectivity index (χ1n) is 6.68. The van der Waals surface area contributed by atoms with E-state index in [1.807, 2.05) is 18.7 Å². The van der Waals surface area contributed by atoms with E-state index in [0.717, 1.165) is 23.7 Å². The second-order valence-electron chi connectivity index (χ2n) is 4.72. The molecule has 1 aliphatic rings. The summed E-state index contributed by atoms with van der Waals surface area (Å²) in [4.78, 5) is 18.4. The van der Waals surface area contributed by atoms with Gasteiger partial charge in [-0.3, -0.25) is 4.79 Å². The molecule has 1 saturated heterocycles. The predicted molar refractivity (Wildman–Crippen MR) is 75.4 cm³/mol. The number of carbonyl (C=O) groups is 1. The predicted octanol–water partition coefficient (Wildman–Crippen LogP) is 0.831. The number of amides is 1. The highest BCUT2D eigenvalue weighted by molar-refractivity contribution is 7.09. The van der Waals surface area contributed by atoms with Crippen molar-refractivity contribution in [2.24, 2.45) is 0 Å². The number of carbonyl (C=O) groups excluding carboxylic acids is 1. The minimum atomic E-state index is -0.141. The van der Waals surface area contributed by atoms with E-state index in [2.05, 4.69) is 15.7 Å². The maximum absolute atomic E-state index is 12.1. The summed E-state index contributed by atoms with van der Waals surface area (Å²) in [6, 6.07) is -0.141. The van der Waals surface area contributed by atoms with Crippen LogP contribution in [0.3, 0.4) is 0 Å². The molecule has 0 spiro atoms. The van der Waals surface area contributed by atoms with E-state index in [1.54, 1.807) is 11.3 Å². The summed E-state index contributed by atoms with van der Waals surface area (Å²) < 4.78 is 5.25. The van der Waals surface area contributed by atoms with Crippen molar-refractivity contribution in [2.75, 3.05) is 32.8 Å². The molecule has 2 heterocycles. The van der Waals surface area contributed by atoms with Crippen LogP contribution in [0.1, 0.15) is 17.6 Å². The van der Waals surface area contributed by atoms with E-state index in [4.69, 9.17) is 4.74 Å². The fourth-order valence-corrected chi connectivity index (χ4v) is 2.73. The lowest BCUT2D eigenvalue weighted by Crippen LogP contribution is -2.49. The van der Waals surface area contributed by atoms with Gasteiger partial charge in [0.25, 0.3) is 0 Å². The maximum Gasteiger partial charge on any atom is 0.239 e. The van der Waals surface area contributed by atoms with Gasteiger partial charge in [-0.15, -0.1) is 11.3 Å². The molecule has 19 heavy (non-hydrogen) atoms. The van der Waals surface area contributed by atoms with Crippen molar-refractivity contribution in [1.29, 1.82) is 0 Å². The zero-order valence-corrected chi connectivity index (χ0v) is 12.3. The van der Waals surface area contributed by atoms with E-state index >= 15 is 0 Å². The van der Waals surface area contributed by atoms with Crippen LogP contribution in [0.2, 0.25) is 0 Å². The molecule has 0 aromatic carbocycles. The van der Waals surface area contributed by atoms with Gasteiger partial charge in [0.2, 0.25) is 5.91 Å². The lowest BCUT2D eigenvalue weighted by atomic mass is 10.2. The van der Waals surface area contributed by atoms with Crippen molar-refractivity contribution >= 4 is 17.2 Å². The molecule has 1 fully saturated rings. The molecule has 0 bridgehead atoms. The number of nitrogens with one attached hydrogen (secondary N) is 1. The van der Waals surface area contributed by atoms with Gasteiger partial charge in [-0.05, 0) is 13.8 Å². The minimum absolute atomic E-state index is 0.141. The molecular weight excluding hydrogens is 262 g/mol. The summed E-state index contributed by atoms with van der Waals surface area (Å²) in [7, 11) is 0. The maximum atomic E-state index is 12.1. The van der Waals surface area contributed by atoms with Crippen molar-refractivity contribution in [3.63, 3.8) is 0 Å². The van der Waals surface area contributed by atoms with Crippen LogP contribution in [0.15, 0.2) is 5.38 Å². The average Bonchev–Trinajstić information content (AvgIpc) is 2.84. The number of thiazole rings is 1. The molecular formula is C13H21N3O2S. The van der Waals surface area contributed by atoms with E-state index in [-0.39, 0.29) is 11.9 Å². The molecule has 1 aromatic heterocycles. The van der Waals surface area contributed by atoms with Crippen molar-refractivity contribution in [3.05, 3.63) is 16.1 Å². The normalized spacial score (nSPS) is 17.5. The Morgan fingerprint density at radius 2 is 2.32 bits per heavy atom. The molecule has 0 radical (unpaired) electrons. The Morgan fingerprint density at radius 1 is 1.58 bits per heavy atom. The molecule has 1 aromatic rings. The molecule has 2 rings (SSSR count). The van der Waals surface area contributed by atoms with Crippen molar-refractivity contribution in [3.8, 4) is 0 Å². The summed E-state index contributed by atoms with van der Waals surface area (Å²) in [5, 5.41) is 6.44. The molecule has 0 aliphatic carbocycles. The van der Waals surface area contributed by atoms with Gasteiger partial charge in [-0.1, -0.05) is 0 Å². The SMILES string of the molecule is Cc1nc(CCNC(C)C(=O)N2CCOCC2)cs1. The van der Waals surface area contributed by atoms with E-state index in [1.165, 1.54) is 0 Å². The fraction of sp³-hybridized carbons (Fsp3) is 0.692. The van der Waals surface area contributed by atoms with E-state index < -0.39 is 0 Å². The van der Waals surface area contributed by atoms with Gasteiger partial charge in [-0.2, -0.15) is 0 Å². The van der Waals surface area contributed by atoms with Crippen molar-refractivity contribution in [2.45, 2.75) is 26.3 Å². The van der Waals surface area contributed by atoms with E-state index in [0.29, 0.717) is 26.3 Å². The fourth-order valence-electron chi connectivity index (χ4n) is 2.08. The number of nitrogens with zero attached hydrogens (tertiary/aromatic N) is 2. The van der Waals surface area contributed by atoms with E-state index in [9.17, 15) is 4.79 Å². The van der Waals surface area contributed by atoms with Gasteiger partial charge in [0.05, 0.1) is 30.0 Å². The topological polar surface area (TPSA) is 54.5 Å². The Balaban J connectivity index is 1.71. The Morgan fingerprint density at radius 3 is 2.95 bits per heavy atom. The van der Waals surface area contributed by atoms with Crippen molar-refractivity contribution < 1.29 is 9.53 Å². The molecule has 1 amide bonds. The third-order valence-corrected chi connectivity index (χ3v) is 4.01. The average molecular weight is 283 g/mol. The van der Waals surface area contributed by atoms with Gasteiger partial charge in [0.1, 0.15) is 0 Å². The van der Waals surface area contributed by atoms with Gasteiger partial charge >= 0.3 is 0 Å². The smallest absolute Gasteiger partial charge is 0.239 e. The zero-order chi connectivity index (χ0) is 13.7. The molecule has 6 heteroatoms. The summed E-state index contributed by atoms with van der Waals surface area (Å²) in [6.45, 7) is 7.41. The summed E-state index contributed by atoms with van der Waals surface area (Å²) in [6.07, 6.45) is 0.866. The van der Waals surface area contributed by atoms with Crippen LogP contribution in [0.25, 0.3) is 0 Å². The van der Waals surface area contributed by atoms with Crippen LogP contribution in [0, 0.1) is 6.92 Å². The second kappa shape index (κ2) is 6.98. The quantitative estimate of drug-likeness (QED) is 0.870. The van der Waals surface area contributed by atoms with Gasteiger partial charge in [0.15, 0.2) is 0 Å². The lowest BCUT2D eigenvalue weighted by molar-refractivity contribution is -0.137. The minimum Gasteiger partial charge on any atom is -0.378 e. The molecule has 106 valence electrons. The molecule has 1 atom stereocenters. The van der Waals surface area contributed by atoms with Crippen LogP contribution in [-0.2, 0) is 16.0 Å². The van der Waals surface area contributed by atoms with Crippen LogP contribution < -0.4 is 5.32 Å². The highest BCUT2D eigenvalue weighted by Gasteiger charge is 2.21. The number of hydrogen-bond acceptors (Lipinski definition) is 5.